The van der Waals surface area contributed by atoms with Crippen LogP contribution in [0, 0.1) is 0 Å². The molecule has 2 heterocycles. The molecule has 6 nitrogen and oxygen atoms in total. The van der Waals surface area contributed by atoms with Crippen molar-refractivity contribution in [3.05, 3.63) is 36.8 Å². The zero-order valence-electron chi connectivity index (χ0n) is 8.78. The van der Waals surface area contributed by atoms with Crippen LogP contribution in [0.15, 0.2) is 36.8 Å². The SMILES string of the molecule is Nc1cc(-c2nnc3cnccn23)ccc1O. The van der Waals surface area contributed by atoms with E-state index in [1.807, 2.05) is 0 Å². The topological polar surface area (TPSA) is 89.3 Å². The lowest BCUT2D eigenvalue weighted by atomic mass is 10.2. The number of aromatic nitrogens is 4. The molecule has 3 N–H and O–H groups in total. The average molecular weight is 227 g/mol. The number of hydrogen-bond donors (Lipinski definition) is 2. The number of nitrogens with two attached hydrogens (primary N) is 1. The Morgan fingerprint density at radius 1 is 1.24 bits per heavy atom. The van der Waals surface area contributed by atoms with E-state index >= 15 is 0 Å². The predicted octanol–water partition coefficient (Wildman–Crippen LogP) is 1.08. The summed E-state index contributed by atoms with van der Waals surface area (Å²) in [5, 5.41) is 17.4. The van der Waals surface area contributed by atoms with E-state index in [9.17, 15) is 5.11 Å². The van der Waals surface area contributed by atoms with Gasteiger partial charge in [-0.05, 0) is 18.2 Å². The first-order chi connectivity index (χ1) is 8.25. The number of nitrogen functional groups attached to an aromatic ring is 1. The molecule has 3 aromatic rings. The molecule has 0 fully saturated rings. The molecule has 3 rings (SSSR count). The van der Waals surface area contributed by atoms with Crippen molar-refractivity contribution in [1.29, 1.82) is 0 Å². The Morgan fingerprint density at radius 2 is 2.12 bits per heavy atom. The van der Waals surface area contributed by atoms with E-state index in [1.165, 1.54) is 6.07 Å². The molecule has 0 bridgehead atoms. The predicted molar refractivity (Wildman–Crippen MR) is 62.3 cm³/mol. The Kier molecular flexibility index (Phi) is 1.94. The zero-order valence-corrected chi connectivity index (χ0v) is 8.78. The molecule has 0 aliphatic heterocycles. The van der Waals surface area contributed by atoms with E-state index in [4.69, 9.17) is 5.73 Å². The molecule has 0 spiro atoms. The van der Waals surface area contributed by atoms with Gasteiger partial charge in [0.15, 0.2) is 11.5 Å². The molecule has 2 aromatic heterocycles. The summed E-state index contributed by atoms with van der Waals surface area (Å²) in [5.41, 5.74) is 7.42. The van der Waals surface area contributed by atoms with Crippen LogP contribution in [0.2, 0.25) is 0 Å². The summed E-state index contributed by atoms with van der Waals surface area (Å²) >= 11 is 0. The third-order valence-corrected chi connectivity index (χ3v) is 2.50. The average Bonchev–Trinajstić information content (AvgIpc) is 2.76. The van der Waals surface area contributed by atoms with Crippen LogP contribution < -0.4 is 5.73 Å². The number of rotatable bonds is 1. The van der Waals surface area contributed by atoms with E-state index in [1.54, 1.807) is 35.1 Å². The Bertz CT molecular complexity index is 691. The molecule has 0 atom stereocenters. The number of phenolic OH excluding ortho intramolecular Hbond substituents is 1. The van der Waals surface area contributed by atoms with Gasteiger partial charge in [-0.15, -0.1) is 10.2 Å². The lowest BCUT2D eigenvalue weighted by Crippen LogP contribution is -1.91. The Balaban J connectivity index is 2.24. The number of fused-ring (bicyclic) bond motifs is 1. The van der Waals surface area contributed by atoms with Crippen molar-refractivity contribution < 1.29 is 5.11 Å². The number of anilines is 1. The fourth-order valence-corrected chi connectivity index (χ4v) is 1.64. The van der Waals surface area contributed by atoms with E-state index in [0.717, 1.165) is 5.56 Å². The maximum Gasteiger partial charge on any atom is 0.179 e. The normalized spacial score (nSPS) is 10.8. The van der Waals surface area contributed by atoms with Crippen LogP contribution >= 0.6 is 0 Å². The third kappa shape index (κ3) is 1.46. The molecule has 0 aliphatic carbocycles. The summed E-state index contributed by atoms with van der Waals surface area (Å²) in [4.78, 5) is 3.96. The largest absolute Gasteiger partial charge is 0.506 e. The highest BCUT2D eigenvalue weighted by Crippen LogP contribution is 2.26. The second-order valence-corrected chi connectivity index (χ2v) is 3.60. The van der Waals surface area contributed by atoms with E-state index in [-0.39, 0.29) is 5.75 Å². The van der Waals surface area contributed by atoms with Gasteiger partial charge in [0, 0.05) is 18.0 Å². The molecule has 0 radical (unpaired) electrons. The second kappa shape index (κ2) is 3.44. The monoisotopic (exact) mass is 227 g/mol. The van der Waals surface area contributed by atoms with Crippen LogP contribution in [0.3, 0.4) is 0 Å². The fourth-order valence-electron chi connectivity index (χ4n) is 1.64. The van der Waals surface area contributed by atoms with Crippen molar-refractivity contribution in [2.45, 2.75) is 0 Å². The smallest absolute Gasteiger partial charge is 0.179 e. The molecule has 0 unspecified atom stereocenters. The van der Waals surface area contributed by atoms with Gasteiger partial charge in [-0.3, -0.25) is 9.38 Å². The number of benzene rings is 1. The van der Waals surface area contributed by atoms with Crippen molar-refractivity contribution in [3.8, 4) is 17.1 Å². The number of hydrogen-bond acceptors (Lipinski definition) is 5. The van der Waals surface area contributed by atoms with Crippen LogP contribution in [0.1, 0.15) is 0 Å². The molecule has 0 saturated carbocycles. The van der Waals surface area contributed by atoms with Crippen LogP contribution in [-0.4, -0.2) is 24.7 Å². The standard InChI is InChI=1S/C11H9N5O/c12-8-5-7(1-2-9(8)17)11-15-14-10-6-13-3-4-16(10)11/h1-6,17H,12H2. The van der Waals surface area contributed by atoms with Gasteiger partial charge >= 0.3 is 0 Å². The van der Waals surface area contributed by atoms with E-state index in [2.05, 4.69) is 15.2 Å². The first-order valence-electron chi connectivity index (χ1n) is 4.99. The zero-order chi connectivity index (χ0) is 11.8. The highest BCUT2D eigenvalue weighted by Gasteiger charge is 2.08. The molecule has 0 saturated heterocycles. The van der Waals surface area contributed by atoms with Gasteiger partial charge in [0.25, 0.3) is 0 Å². The van der Waals surface area contributed by atoms with Gasteiger partial charge in [-0.2, -0.15) is 0 Å². The Labute approximate surface area is 96.4 Å². The van der Waals surface area contributed by atoms with Crippen molar-refractivity contribution in [1.82, 2.24) is 19.6 Å². The minimum absolute atomic E-state index is 0.0595. The van der Waals surface area contributed by atoms with Crippen molar-refractivity contribution in [3.63, 3.8) is 0 Å². The summed E-state index contributed by atoms with van der Waals surface area (Å²) in [6.45, 7) is 0. The van der Waals surface area contributed by atoms with Crippen molar-refractivity contribution >= 4 is 11.3 Å². The lowest BCUT2D eigenvalue weighted by Gasteiger charge is -2.02. The van der Waals surface area contributed by atoms with Crippen LogP contribution in [-0.2, 0) is 0 Å². The summed E-state index contributed by atoms with van der Waals surface area (Å²) in [5.74, 6) is 0.721. The molecule has 0 aliphatic rings. The summed E-state index contributed by atoms with van der Waals surface area (Å²) < 4.78 is 1.80. The fraction of sp³-hybridized carbons (Fsp3) is 0. The highest BCUT2D eigenvalue weighted by molar-refractivity contribution is 5.67. The third-order valence-electron chi connectivity index (χ3n) is 2.50. The Morgan fingerprint density at radius 3 is 2.94 bits per heavy atom. The highest BCUT2D eigenvalue weighted by atomic mass is 16.3. The molecule has 17 heavy (non-hydrogen) atoms. The molecular weight excluding hydrogens is 218 g/mol. The molecule has 1 aromatic carbocycles. The van der Waals surface area contributed by atoms with E-state index in [0.29, 0.717) is 17.2 Å². The molecule has 6 heteroatoms. The lowest BCUT2D eigenvalue weighted by molar-refractivity contribution is 0.478. The summed E-state index contributed by atoms with van der Waals surface area (Å²) in [7, 11) is 0. The Hall–Kier alpha value is -2.63. The molecule has 0 amide bonds. The number of phenols is 1. The van der Waals surface area contributed by atoms with Crippen LogP contribution in [0.4, 0.5) is 5.69 Å². The second-order valence-electron chi connectivity index (χ2n) is 3.60. The molecular formula is C11H9N5O. The molecule has 84 valence electrons. The van der Waals surface area contributed by atoms with Gasteiger partial charge in [-0.1, -0.05) is 0 Å². The first-order valence-corrected chi connectivity index (χ1v) is 4.99. The van der Waals surface area contributed by atoms with E-state index < -0.39 is 0 Å². The van der Waals surface area contributed by atoms with Crippen molar-refractivity contribution in [2.24, 2.45) is 0 Å². The quantitative estimate of drug-likeness (QED) is 0.479. The minimum Gasteiger partial charge on any atom is -0.506 e. The van der Waals surface area contributed by atoms with Gasteiger partial charge < -0.3 is 10.8 Å². The number of aromatic hydroxyl groups is 1. The maximum absolute atomic E-state index is 9.38. The van der Waals surface area contributed by atoms with Crippen LogP contribution in [0.5, 0.6) is 5.75 Å². The summed E-state index contributed by atoms with van der Waals surface area (Å²) in [6.07, 6.45) is 5.05. The van der Waals surface area contributed by atoms with Gasteiger partial charge in [0.2, 0.25) is 0 Å². The minimum atomic E-state index is 0.0595. The first kappa shape index (κ1) is 9.59. The van der Waals surface area contributed by atoms with Gasteiger partial charge in [-0.25, -0.2) is 0 Å². The number of nitrogens with zero attached hydrogens (tertiary/aromatic N) is 4. The maximum atomic E-state index is 9.38. The van der Waals surface area contributed by atoms with Gasteiger partial charge in [0.1, 0.15) is 5.75 Å². The van der Waals surface area contributed by atoms with Crippen LogP contribution in [0.25, 0.3) is 17.0 Å². The van der Waals surface area contributed by atoms with Crippen molar-refractivity contribution in [2.75, 3.05) is 5.73 Å². The summed E-state index contributed by atoms with van der Waals surface area (Å²) in [6, 6.07) is 4.93. The van der Waals surface area contributed by atoms with Gasteiger partial charge in [0.05, 0.1) is 11.9 Å².